The van der Waals surface area contributed by atoms with Gasteiger partial charge < -0.3 is 4.42 Å². The first-order chi connectivity index (χ1) is 8.84. The molecular weight excluding hydrogens is 229 g/mol. The molecule has 0 spiro atoms. The van der Waals surface area contributed by atoms with Crippen molar-refractivity contribution in [1.29, 1.82) is 0 Å². The fourth-order valence-corrected chi connectivity index (χ4v) is 1.77. The number of nitrogens with zero attached hydrogens (tertiary/aromatic N) is 1. The minimum absolute atomic E-state index is 0.312. The number of hydrogen-bond donors (Lipinski definition) is 0. The molecule has 1 heterocycles. The number of halogens is 1. The van der Waals surface area contributed by atoms with Crippen molar-refractivity contribution in [1.82, 2.24) is 4.98 Å². The second-order valence-corrected chi connectivity index (χ2v) is 3.88. The van der Waals surface area contributed by atoms with Crippen LogP contribution < -0.4 is 0 Å². The molecule has 0 aliphatic heterocycles. The van der Waals surface area contributed by atoms with E-state index in [0.717, 1.165) is 5.56 Å². The zero-order valence-corrected chi connectivity index (χ0v) is 9.51. The Balaban J connectivity index is 2.03. The monoisotopic (exact) mass is 239 g/mol. The highest BCUT2D eigenvalue weighted by atomic mass is 19.1. The number of hydrogen-bond acceptors (Lipinski definition) is 2. The summed E-state index contributed by atoms with van der Waals surface area (Å²) in [6.07, 6.45) is 1.54. The molecule has 88 valence electrons. The molecule has 0 unspecified atom stereocenters. The van der Waals surface area contributed by atoms with Gasteiger partial charge in [-0.2, -0.15) is 0 Å². The Labute approximate surface area is 104 Å². The zero-order chi connectivity index (χ0) is 12.4. The van der Waals surface area contributed by atoms with E-state index in [1.54, 1.807) is 24.4 Å². The van der Waals surface area contributed by atoms with Crippen LogP contribution in [0.5, 0.6) is 0 Å². The van der Waals surface area contributed by atoms with Gasteiger partial charge in [0.15, 0.2) is 5.76 Å². The summed E-state index contributed by atoms with van der Waals surface area (Å²) in [5.74, 6) is 0.620. The molecule has 0 aliphatic rings. The molecule has 0 aliphatic carbocycles. The summed E-state index contributed by atoms with van der Waals surface area (Å²) in [6, 6.07) is 16.0. The molecular formula is C15H10FNO. The Morgan fingerprint density at radius 2 is 1.61 bits per heavy atom. The second-order valence-electron chi connectivity index (χ2n) is 3.88. The highest BCUT2D eigenvalue weighted by Gasteiger charge is 2.11. The summed E-state index contributed by atoms with van der Waals surface area (Å²) in [4.78, 5) is 4.17. The van der Waals surface area contributed by atoms with Crippen LogP contribution in [-0.4, -0.2) is 4.98 Å². The maximum absolute atomic E-state index is 13.6. The maximum Gasteiger partial charge on any atom is 0.226 e. The van der Waals surface area contributed by atoms with Crippen molar-refractivity contribution >= 4 is 0 Å². The van der Waals surface area contributed by atoms with Gasteiger partial charge in [0.25, 0.3) is 0 Å². The summed E-state index contributed by atoms with van der Waals surface area (Å²) in [7, 11) is 0. The van der Waals surface area contributed by atoms with E-state index in [1.165, 1.54) is 6.07 Å². The van der Waals surface area contributed by atoms with Crippen molar-refractivity contribution in [3.63, 3.8) is 0 Å². The average Bonchev–Trinajstić information content (AvgIpc) is 2.90. The number of rotatable bonds is 2. The van der Waals surface area contributed by atoms with Gasteiger partial charge in [-0.25, -0.2) is 9.37 Å². The smallest absolute Gasteiger partial charge is 0.226 e. The summed E-state index contributed by atoms with van der Waals surface area (Å²) in [5, 5.41) is 0. The molecule has 0 saturated heterocycles. The molecule has 0 fully saturated rings. The van der Waals surface area contributed by atoms with Crippen LogP contribution in [0, 0.1) is 5.82 Å². The number of oxazole rings is 1. The van der Waals surface area contributed by atoms with Crippen molar-refractivity contribution in [3.05, 3.63) is 66.6 Å². The number of benzene rings is 2. The van der Waals surface area contributed by atoms with E-state index >= 15 is 0 Å². The molecule has 18 heavy (non-hydrogen) atoms. The van der Waals surface area contributed by atoms with E-state index < -0.39 is 0 Å². The normalized spacial score (nSPS) is 10.5. The Hall–Kier alpha value is -2.42. The van der Waals surface area contributed by atoms with Gasteiger partial charge in [0.1, 0.15) is 5.82 Å². The quantitative estimate of drug-likeness (QED) is 0.671. The molecule has 0 bridgehead atoms. The van der Waals surface area contributed by atoms with Gasteiger partial charge in [-0.15, -0.1) is 0 Å². The lowest BCUT2D eigenvalue weighted by Crippen LogP contribution is -1.79. The minimum atomic E-state index is -0.312. The van der Waals surface area contributed by atoms with Gasteiger partial charge in [-0.3, -0.25) is 0 Å². The van der Waals surface area contributed by atoms with Gasteiger partial charge >= 0.3 is 0 Å². The first-order valence-electron chi connectivity index (χ1n) is 5.61. The predicted molar refractivity (Wildman–Crippen MR) is 67.3 cm³/mol. The highest BCUT2D eigenvalue weighted by molar-refractivity contribution is 5.61. The van der Waals surface area contributed by atoms with E-state index in [0.29, 0.717) is 17.2 Å². The molecule has 3 rings (SSSR count). The van der Waals surface area contributed by atoms with Crippen LogP contribution in [0.2, 0.25) is 0 Å². The van der Waals surface area contributed by atoms with Crippen LogP contribution in [-0.2, 0) is 0 Å². The second kappa shape index (κ2) is 4.45. The lowest BCUT2D eigenvalue weighted by Gasteiger charge is -1.97. The average molecular weight is 239 g/mol. The Bertz CT molecular complexity index is 661. The first kappa shape index (κ1) is 10.7. The predicted octanol–water partition coefficient (Wildman–Crippen LogP) is 4.15. The van der Waals surface area contributed by atoms with Crippen molar-refractivity contribution < 1.29 is 8.81 Å². The van der Waals surface area contributed by atoms with E-state index in [-0.39, 0.29) is 5.82 Å². The molecule has 0 saturated carbocycles. The number of aromatic nitrogens is 1. The van der Waals surface area contributed by atoms with E-state index in [2.05, 4.69) is 4.98 Å². The topological polar surface area (TPSA) is 26.0 Å². The van der Waals surface area contributed by atoms with E-state index in [1.807, 2.05) is 30.3 Å². The molecule has 0 amide bonds. The Morgan fingerprint density at radius 3 is 2.39 bits per heavy atom. The first-order valence-corrected chi connectivity index (χ1v) is 5.61. The van der Waals surface area contributed by atoms with Gasteiger partial charge in [0.05, 0.1) is 11.8 Å². The lowest BCUT2D eigenvalue weighted by molar-refractivity contribution is 0.575. The molecule has 0 radical (unpaired) electrons. The molecule has 1 aromatic heterocycles. The molecule has 0 N–H and O–H groups in total. The van der Waals surface area contributed by atoms with E-state index in [4.69, 9.17) is 4.42 Å². The third-order valence-corrected chi connectivity index (χ3v) is 2.67. The van der Waals surface area contributed by atoms with Gasteiger partial charge in [0, 0.05) is 5.56 Å². The third-order valence-electron chi connectivity index (χ3n) is 2.67. The zero-order valence-electron chi connectivity index (χ0n) is 9.51. The van der Waals surface area contributed by atoms with Crippen molar-refractivity contribution in [2.75, 3.05) is 0 Å². The highest BCUT2D eigenvalue weighted by Crippen LogP contribution is 2.27. The third kappa shape index (κ3) is 1.91. The minimum Gasteiger partial charge on any atom is -0.436 e. The SMILES string of the molecule is Fc1ccccc1-c1cnc(-c2ccccc2)o1. The standard InChI is InChI=1S/C15H10FNO/c16-13-9-5-4-8-12(13)14-10-17-15(18-14)11-6-2-1-3-7-11/h1-10H. The van der Waals surface area contributed by atoms with Gasteiger partial charge in [-0.1, -0.05) is 30.3 Å². The van der Waals surface area contributed by atoms with Crippen LogP contribution in [0.3, 0.4) is 0 Å². The van der Waals surface area contributed by atoms with Crippen molar-refractivity contribution in [2.45, 2.75) is 0 Å². The Morgan fingerprint density at radius 1 is 0.889 bits per heavy atom. The van der Waals surface area contributed by atoms with Crippen LogP contribution in [0.1, 0.15) is 0 Å². The molecule has 3 aromatic rings. The van der Waals surface area contributed by atoms with E-state index in [9.17, 15) is 4.39 Å². The van der Waals surface area contributed by atoms with Crippen molar-refractivity contribution in [3.8, 4) is 22.8 Å². The lowest BCUT2D eigenvalue weighted by atomic mass is 10.2. The summed E-state index contributed by atoms with van der Waals surface area (Å²) < 4.78 is 19.2. The van der Waals surface area contributed by atoms with Crippen LogP contribution in [0.25, 0.3) is 22.8 Å². The van der Waals surface area contributed by atoms with Gasteiger partial charge in [-0.05, 0) is 24.3 Å². The fourth-order valence-electron chi connectivity index (χ4n) is 1.77. The summed E-state index contributed by atoms with van der Waals surface area (Å²) in [5.41, 5.74) is 1.30. The molecule has 0 atom stereocenters. The molecule has 2 aromatic carbocycles. The largest absolute Gasteiger partial charge is 0.436 e. The van der Waals surface area contributed by atoms with Crippen LogP contribution in [0.15, 0.2) is 65.2 Å². The van der Waals surface area contributed by atoms with Crippen molar-refractivity contribution in [2.24, 2.45) is 0 Å². The van der Waals surface area contributed by atoms with Gasteiger partial charge in [0.2, 0.25) is 5.89 Å². The van der Waals surface area contributed by atoms with Crippen LogP contribution in [0.4, 0.5) is 4.39 Å². The molecule has 2 nitrogen and oxygen atoms in total. The molecule has 3 heteroatoms. The summed E-state index contributed by atoms with van der Waals surface area (Å²) in [6.45, 7) is 0. The van der Waals surface area contributed by atoms with Crippen LogP contribution >= 0.6 is 0 Å². The Kier molecular flexibility index (Phi) is 2.65. The fraction of sp³-hybridized carbons (Fsp3) is 0. The summed E-state index contributed by atoms with van der Waals surface area (Å²) >= 11 is 0. The maximum atomic E-state index is 13.6.